The lowest BCUT2D eigenvalue weighted by molar-refractivity contribution is -0.126. The van der Waals surface area contributed by atoms with E-state index in [0.717, 1.165) is 32.4 Å². The Kier molecular flexibility index (Phi) is 9.62. The van der Waals surface area contributed by atoms with Crippen molar-refractivity contribution in [1.29, 1.82) is 0 Å². The molecule has 2 amide bonds. The van der Waals surface area contributed by atoms with Crippen molar-refractivity contribution in [1.82, 2.24) is 20.5 Å². The Balaban J connectivity index is 0.00000169. The Morgan fingerprint density at radius 2 is 2.04 bits per heavy atom. The fraction of sp³-hybridized carbons (Fsp3) is 0.500. The quantitative estimate of drug-likeness (QED) is 0.755. The smallest absolute Gasteiger partial charge is 0.253 e. The van der Waals surface area contributed by atoms with E-state index in [-0.39, 0.29) is 42.5 Å². The molecular formula is C18H26Cl2N4O2. The van der Waals surface area contributed by atoms with Crippen LogP contribution < -0.4 is 10.6 Å². The Bertz CT molecular complexity index is 625. The molecule has 1 saturated heterocycles. The Labute approximate surface area is 166 Å². The third kappa shape index (κ3) is 5.97. The van der Waals surface area contributed by atoms with Gasteiger partial charge in [0.2, 0.25) is 5.91 Å². The molecule has 0 bridgehead atoms. The van der Waals surface area contributed by atoms with E-state index in [1.165, 1.54) is 5.57 Å². The molecule has 1 atom stereocenters. The van der Waals surface area contributed by atoms with Crippen molar-refractivity contribution in [3.05, 3.63) is 41.7 Å². The molecule has 0 aliphatic carbocycles. The molecule has 1 aromatic rings. The van der Waals surface area contributed by atoms with Crippen molar-refractivity contribution in [2.24, 2.45) is 5.92 Å². The number of halogens is 2. The maximum Gasteiger partial charge on any atom is 0.253 e. The van der Waals surface area contributed by atoms with E-state index in [0.29, 0.717) is 25.2 Å². The SMILES string of the molecule is Cl.Cl.O=C(NCC1=CCNCC1)C1CCCN(C(=O)c2ccncc2)C1. The van der Waals surface area contributed by atoms with Crippen LogP contribution >= 0.6 is 24.8 Å². The second kappa shape index (κ2) is 11.2. The number of amides is 2. The van der Waals surface area contributed by atoms with Crippen LogP contribution in [0, 0.1) is 5.92 Å². The van der Waals surface area contributed by atoms with Gasteiger partial charge in [0.1, 0.15) is 0 Å². The zero-order valence-electron chi connectivity index (χ0n) is 14.6. The molecule has 1 unspecified atom stereocenters. The number of carbonyl (C=O) groups is 2. The van der Waals surface area contributed by atoms with Crippen LogP contribution in [0.1, 0.15) is 29.6 Å². The third-order valence-corrected chi connectivity index (χ3v) is 4.65. The number of hydrogen-bond acceptors (Lipinski definition) is 4. The highest BCUT2D eigenvalue weighted by Crippen LogP contribution is 2.19. The summed E-state index contributed by atoms with van der Waals surface area (Å²) in [5.41, 5.74) is 1.91. The number of likely N-dealkylation sites (tertiary alicyclic amines) is 1. The molecule has 0 radical (unpaired) electrons. The molecule has 0 saturated carbocycles. The van der Waals surface area contributed by atoms with Crippen molar-refractivity contribution in [2.45, 2.75) is 19.3 Å². The van der Waals surface area contributed by atoms with E-state index < -0.39 is 0 Å². The van der Waals surface area contributed by atoms with Gasteiger partial charge in [-0.25, -0.2) is 0 Å². The molecule has 2 aliphatic rings. The topological polar surface area (TPSA) is 74.3 Å². The van der Waals surface area contributed by atoms with Crippen molar-refractivity contribution in [2.75, 3.05) is 32.7 Å². The largest absolute Gasteiger partial charge is 0.352 e. The van der Waals surface area contributed by atoms with Gasteiger partial charge in [-0.2, -0.15) is 0 Å². The Morgan fingerprint density at radius 3 is 2.73 bits per heavy atom. The van der Waals surface area contributed by atoms with Crippen LogP contribution in [0.5, 0.6) is 0 Å². The zero-order valence-corrected chi connectivity index (χ0v) is 16.3. The summed E-state index contributed by atoms with van der Waals surface area (Å²) in [7, 11) is 0. The molecule has 3 rings (SSSR count). The minimum atomic E-state index is -0.119. The number of hydrogen-bond donors (Lipinski definition) is 2. The van der Waals surface area contributed by atoms with E-state index in [4.69, 9.17) is 0 Å². The van der Waals surface area contributed by atoms with Gasteiger partial charge in [0.25, 0.3) is 5.91 Å². The summed E-state index contributed by atoms with van der Waals surface area (Å²) in [5, 5.41) is 6.30. The van der Waals surface area contributed by atoms with Crippen LogP contribution in [0.15, 0.2) is 36.2 Å². The first kappa shape index (κ1) is 22.4. The van der Waals surface area contributed by atoms with Gasteiger partial charge in [0, 0.05) is 44.1 Å². The van der Waals surface area contributed by atoms with Crippen LogP contribution in [-0.2, 0) is 4.79 Å². The van der Waals surface area contributed by atoms with Gasteiger partial charge in [-0.3, -0.25) is 14.6 Å². The second-order valence-electron chi connectivity index (χ2n) is 6.36. The Morgan fingerprint density at radius 1 is 1.27 bits per heavy atom. The molecule has 2 N–H and O–H groups in total. The fourth-order valence-electron chi connectivity index (χ4n) is 3.23. The summed E-state index contributed by atoms with van der Waals surface area (Å²) in [5.74, 6) is -0.0792. The molecule has 26 heavy (non-hydrogen) atoms. The molecule has 6 nitrogen and oxygen atoms in total. The number of nitrogens with one attached hydrogen (secondary N) is 2. The van der Waals surface area contributed by atoms with E-state index in [1.54, 1.807) is 29.4 Å². The molecule has 1 aromatic heterocycles. The molecule has 0 spiro atoms. The highest BCUT2D eigenvalue weighted by atomic mass is 35.5. The summed E-state index contributed by atoms with van der Waals surface area (Å²) in [6, 6.07) is 3.44. The van der Waals surface area contributed by atoms with Gasteiger partial charge in [0.15, 0.2) is 0 Å². The lowest BCUT2D eigenvalue weighted by atomic mass is 9.96. The van der Waals surface area contributed by atoms with Crippen LogP contribution in [0.25, 0.3) is 0 Å². The second-order valence-corrected chi connectivity index (χ2v) is 6.36. The number of pyridine rings is 1. The first-order valence-electron chi connectivity index (χ1n) is 8.59. The third-order valence-electron chi connectivity index (χ3n) is 4.65. The van der Waals surface area contributed by atoms with E-state index in [1.807, 2.05) is 0 Å². The molecule has 2 aliphatic heterocycles. The highest BCUT2D eigenvalue weighted by molar-refractivity contribution is 5.94. The predicted molar refractivity (Wildman–Crippen MR) is 106 cm³/mol. The van der Waals surface area contributed by atoms with E-state index >= 15 is 0 Å². The molecule has 0 aromatic carbocycles. The van der Waals surface area contributed by atoms with Gasteiger partial charge >= 0.3 is 0 Å². The van der Waals surface area contributed by atoms with Crippen molar-refractivity contribution in [3.8, 4) is 0 Å². The minimum Gasteiger partial charge on any atom is -0.352 e. The molecular weight excluding hydrogens is 375 g/mol. The van der Waals surface area contributed by atoms with Gasteiger partial charge in [-0.15, -0.1) is 24.8 Å². The first-order chi connectivity index (χ1) is 11.7. The number of piperidine rings is 1. The van der Waals surface area contributed by atoms with Crippen molar-refractivity contribution < 1.29 is 9.59 Å². The van der Waals surface area contributed by atoms with Crippen molar-refractivity contribution in [3.63, 3.8) is 0 Å². The monoisotopic (exact) mass is 400 g/mol. The maximum atomic E-state index is 12.5. The van der Waals surface area contributed by atoms with Crippen LogP contribution in [0.2, 0.25) is 0 Å². The minimum absolute atomic E-state index is 0. The molecule has 1 fully saturated rings. The summed E-state index contributed by atoms with van der Waals surface area (Å²) in [6.45, 7) is 3.67. The zero-order chi connectivity index (χ0) is 16.8. The number of aromatic nitrogens is 1. The summed E-state index contributed by atoms with van der Waals surface area (Å²) >= 11 is 0. The first-order valence-corrected chi connectivity index (χ1v) is 8.59. The Hall–Kier alpha value is -1.63. The molecule has 3 heterocycles. The fourth-order valence-corrected chi connectivity index (χ4v) is 3.23. The van der Waals surface area contributed by atoms with Crippen LogP contribution in [0.4, 0.5) is 0 Å². The molecule has 8 heteroatoms. The average Bonchev–Trinajstić information content (AvgIpc) is 2.67. The van der Waals surface area contributed by atoms with Gasteiger partial charge in [0.05, 0.1) is 5.92 Å². The van der Waals surface area contributed by atoms with Crippen molar-refractivity contribution >= 4 is 36.6 Å². The lowest BCUT2D eigenvalue weighted by Crippen LogP contribution is -2.45. The van der Waals surface area contributed by atoms with Crippen LogP contribution in [-0.4, -0.2) is 54.4 Å². The predicted octanol–water partition coefficient (Wildman–Crippen LogP) is 1.81. The van der Waals surface area contributed by atoms with E-state index in [9.17, 15) is 9.59 Å². The van der Waals surface area contributed by atoms with Gasteiger partial charge in [-0.1, -0.05) is 11.6 Å². The number of rotatable bonds is 4. The average molecular weight is 401 g/mol. The van der Waals surface area contributed by atoms with Gasteiger partial charge < -0.3 is 15.5 Å². The number of carbonyl (C=O) groups excluding carboxylic acids is 2. The molecule has 144 valence electrons. The summed E-state index contributed by atoms with van der Waals surface area (Å²) < 4.78 is 0. The standard InChI is InChI=1S/C18H24N4O2.2ClH/c23-17(21-12-14-3-7-19-8-4-14)16-2-1-11-22(13-16)18(24)15-5-9-20-10-6-15;;/h3,5-6,9-10,16,19H,1-2,4,7-8,11-13H2,(H,21,23);2*1H. The van der Waals surface area contributed by atoms with Crippen LogP contribution in [0.3, 0.4) is 0 Å². The maximum absolute atomic E-state index is 12.5. The lowest BCUT2D eigenvalue weighted by Gasteiger charge is -2.32. The summed E-state index contributed by atoms with van der Waals surface area (Å²) in [4.78, 5) is 30.7. The summed E-state index contributed by atoms with van der Waals surface area (Å²) in [6.07, 6.45) is 8.07. The normalized spacial score (nSPS) is 19.5. The van der Waals surface area contributed by atoms with E-state index in [2.05, 4.69) is 21.7 Å². The number of nitrogens with zero attached hydrogens (tertiary/aromatic N) is 2. The highest BCUT2D eigenvalue weighted by Gasteiger charge is 2.28. The van der Waals surface area contributed by atoms with Gasteiger partial charge in [-0.05, 0) is 37.9 Å².